The van der Waals surface area contributed by atoms with Crippen molar-refractivity contribution in [2.45, 2.75) is 18.7 Å². The Morgan fingerprint density at radius 2 is 2.23 bits per heavy atom. The second-order valence-electron chi connectivity index (χ2n) is 2.54. The summed E-state index contributed by atoms with van der Waals surface area (Å²) in [6, 6.07) is 0. The van der Waals surface area contributed by atoms with E-state index in [1.807, 2.05) is 22.6 Å². The fourth-order valence-electron chi connectivity index (χ4n) is 1.01. The van der Waals surface area contributed by atoms with E-state index in [0.29, 0.717) is 10.9 Å². The monoisotopic (exact) mass is 361 g/mol. The summed E-state index contributed by atoms with van der Waals surface area (Å²) in [5.74, 6) is 0. The molecule has 0 N–H and O–H groups in total. The van der Waals surface area contributed by atoms with Crippen LogP contribution in [-0.4, -0.2) is 4.98 Å². The molecule has 0 aliphatic rings. The third kappa shape index (κ3) is 2.37. The van der Waals surface area contributed by atoms with Crippen molar-refractivity contribution in [2.24, 2.45) is 0 Å². The Balaban J connectivity index is 3.30. The van der Waals surface area contributed by atoms with Crippen LogP contribution in [0.4, 0.5) is 8.78 Å². The van der Waals surface area contributed by atoms with Gasteiger partial charge in [0.2, 0.25) is 0 Å². The highest BCUT2D eigenvalue weighted by Gasteiger charge is 2.16. The zero-order valence-corrected chi connectivity index (χ0v) is 10.6. The Morgan fingerprint density at radius 3 is 2.69 bits per heavy atom. The Labute approximate surface area is 97.2 Å². The Bertz CT molecular complexity index is 317. The summed E-state index contributed by atoms with van der Waals surface area (Å²) in [6.45, 7) is 1.80. The normalized spacial score (nSPS) is 10.9. The van der Waals surface area contributed by atoms with E-state index in [9.17, 15) is 8.78 Å². The number of nitrogens with zero attached hydrogens (tertiary/aromatic N) is 1. The maximum Gasteiger partial charge on any atom is 0.265 e. The molecule has 0 atom stereocenters. The predicted octanol–water partition coefficient (Wildman–Crippen LogP) is 3.83. The highest BCUT2D eigenvalue weighted by molar-refractivity contribution is 14.1. The summed E-state index contributed by atoms with van der Waals surface area (Å²) in [4.78, 5) is 3.89. The van der Waals surface area contributed by atoms with Gasteiger partial charge in [0.15, 0.2) is 0 Å². The molecular formula is C8H7BrF2IN. The minimum absolute atomic E-state index is 0.0230. The van der Waals surface area contributed by atoms with Crippen molar-refractivity contribution in [3.05, 3.63) is 26.6 Å². The van der Waals surface area contributed by atoms with Gasteiger partial charge in [0.25, 0.3) is 6.43 Å². The van der Waals surface area contributed by atoms with Crippen molar-refractivity contribution in [2.75, 3.05) is 0 Å². The third-order valence-corrected chi connectivity index (χ3v) is 3.44. The molecule has 0 fully saturated rings. The highest BCUT2D eigenvalue weighted by atomic mass is 127. The van der Waals surface area contributed by atoms with Crippen LogP contribution in [0.2, 0.25) is 0 Å². The summed E-state index contributed by atoms with van der Waals surface area (Å²) in [5.41, 5.74) is 1.50. The van der Waals surface area contributed by atoms with E-state index < -0.39 is 6.43 Å². The molecule has 0 saturated heterocycles. The molecular weight excluding hydrogens is 355 g/mol. The van der Waals surface area contributed by atoms with E-state index >= 15 is 0 Å². The fraction of sp³-hybridized carbons (Fsp3) is 0.375. The van der Waals surface area contributed by atoms with Crippen molar-refractivity contribution in [1.29, 1.82) is 0 Å². The van der Waals surface area contributed by atoms with Crippen LogP contribution < -0.4 is 0 Å². The van der Waals surface area contributed by atoms with Gasteiger partial charge in [-0.05, 0) is 40.6 Å². The number of alkyl halides is 3. The first-order valence-electron chi connectivity index (χ1n) is 3.56. The van der Waals surface area contributed by atoms with E-state index in [1.54, 1.807) is 6.92 Å². The van der Waals surface area contributed by atoms with Crippen molar-refractivity contribution < 1.29 is 8.78 Å². The van der Waals surface area contributed by atoms with Crippen LogP contribution in [0.5, 0.6) is 0 Å². The van der Waals surface area contributed by atoms with Crippen LogP contribution in [0.1, 0.15) is 23.1 Å². The SMILES string of the molecule is Cc1c(I)ncc(C(F)F)c1CBr. The Morgan fingerprint density at radius 1 is 1.62 bits per heavy atom. The summed E-state index contributed by atoms with van der Waals surface area (Å²) in [5, 5.41) is 0.441. The number of rotatable bonds is 2. The minimum atomic E-state index is -2.45. The second kappa shape index (κ2) is 4.63. The lowest BCUT2D eigenvalue weighted by molar-refractivity contribution is 0.150. The van der Waals surface area contributed by atoms with Crippen molar-refractivity contribution >= 4 is 38.5 Å². The van der Waals surface area contributed by atoms with Crippen LogP contribution in [0.3, 0.4) is 0 Å². The molecule has 72 valence electrons. The van der Waals surface area contributed by atoms with Crippen molar-refractivity contribution in [3.8, 4) is 0 Å². The topological polar surface area (TPSA) is 12.9 Å². The Kier molecular flexibility index (Phi) is 4.03. The number of halogens is 4. The van der Waals surface area contributed by atoms with Gasteiger partial charge < -0.3 is 0 Å². The second-order valence-corrected chi connectivity index (χ2v) is 4.12. The lowest BCUT2D eigenvalue weighted by Crippen LogP contribution is -2.00. The van der Waals surface area contributed by atoms with E-state index in [0.717, 1.165) is 9.26 Å². The molecule has 0 amide bonds. The summed E-state index contributed by atoms with van der Waals surface area (Å²) in [7, 11) is 0. The van der Waals surface area contributed by atoms with Crippen LogP contribution in [0, 0.1) is 10.6 Å². The van der Waals surface area contributed by atoms with Gasteiger partial charge in [-0.3, -0.25) is 0 Å². The van der Waals surface area contributed by atoms with Crippen LogP contribution in [0.15, 0.2) is 6.20 Å². The summed E-state index contributed by atoms with van der Waals surface area (Å²) < 4.78 is 25.7. The zero-order chi connectivity index (χ0) is 10.0. The van der Waals surface area contributed by atoms with Crippen LogP contribution >= 0.6 is 38.5 Å². The van der Waals surface area contributed by atoms with Gasteiger partial charge in [-0.15, -0.1) is 0 Å². The molecule has 0 aliphatic heterocycles. The molecule has 5 heteroatoms. The molecule has 0 unspecified atom stereocenters. The average molecular weight is 362 g/mol. The lowest BCUT2D eigenvalue weighted by Gasteiger charge is -2.09. The van der Waals surface area contributed by atoms with Gasteiger partial charge in [0.05, 0.1) is 0 Å². The van der Waals surface area contributed by atoms with E-state index in [2.05, 4.69) is 20.9 Å². The predicted molar refractivity (Wildman–Crippen MR) is 59.3 cm³/mol. The van der Waals surface area contributed by atoms with E-state index in [-0.39, 0.29) is 5.56 Å². The third-order valence-electron chi connectivity index (χ3n) is 1.80. The molecule has 1 aromatic rings. The van der Waals surface area contributed by atoms with Crippen molar-refractivity contribution in [1.82, 2.24) is 4.98 Å². The molecule has 13 heavy (non-hydrogen) atoms. The fourth-order valence-corrected chi connectivity index (χ4v) is 2.22. The number of pyridine rings is 1. The molecule has 1 nitrogen and oxygen atoms in total. The molecule has 0 aliphatic carbocycles. The Hall–Kier alpha value is 0.220. The van der Waals surface area contributed by atoms with Crippen LogP contribution in [0.25, 0.3) is 0 Å². The maximum absolute atomic E-state index is 12.5. The first-order chi connectivity index (χ1) is 6.07. The van der Waals surface area contributed by atoms with Gasteiger partial charge in [-0.2, -0.15) is 0 Å². The lowest BCUT2D eigenvalue weighted by atomic mass is 10.1. The molecule has 0 radical (unpaired) electrons. The first kappa shape index (κ1) is 11.3. The van der Waals surface area contributed by atoms with Gasteiger partial charge in [-0.25, -0.2) is 13.8 Å². The maximum atomic E-state index is 12.5. The van der Waals surface area contributed by atoms with Gasteiger partial charge in [-0.1, -0.05) is 15.9 Å². The number of aromatic nitrogens is 1. The van der Waals surface area contributed by atoms with Gasteiger partial charge in [0.1, 0.15) is 3.70 Å². The average Bonchev–Trinajstić information content (AvgIpc) is 2.09. The number of hydrogen-bond acceptors (Lipinski definition) is 1. The zero-order valence-electron chi connectivity index (χ0n) is 6.82. The first-order valence-corrected chi connectivity index (χ1v) is 5.76. The molecule has 1 rings (SSSR count). The number of hydrogen-bond donors (Lipinski definition) is 0. The minimum Gasteiger partial charge on any atom is -0.250 e. The molecule has 0 aromatic carbocycles. The molecule has 0 saturated carbocycles. The van der Waals surface area contributed by atoms with Crippen LogP contribution in [-0.2, 0) is 5.33 Å². The van der Waals surface area contributed by atoms with Crippen molar-refractivity contribution in [3.63, 3.8) is 0 Å². The van der Waals surface area contributed by atoms with Gasteiger partial charge in [0, 0.05) is 17.1 Å². The van der Waals surface area contributed by atoms with E-state index in [4.69, 9.17) is 0 Å². The summed E-state index contributed by atoms with van der Waals surface area (Å²) >= 11 is 5.23. The standard InChI is InChI=1S/C8H7BrF2IN/c1-4-5(2-9)6(7(10)11)3-13-8(4)12/h3,7H,2H2,1H3. The smallest absolute Gasteiger partial charge is 0.250 e. The van der Waals surface area contributed by atoms with E-state index in [1.165, 1.54) is 6.20 Å². The largest absolute Gasteiger partial charge is 0.265 e. The van der Waals surface area contributed by atoms with Gasteiger partial charge >= 0.3 is 0 Å². The molecule has 1 aromatic heterocycles. The summed E-state index contributed by atoms with van der Waals surface area (Å²) in [6.07, 6.45) is -1.20. The molecule has 1 heterocycles. The quantitative estimate of drug-likeness (QED) is 0.443. The highest BCUT2D eigenvalue weighted by Crippen LogP contribution is 2.28. The molecule has 0 bridgehead atoms. The molecule has 0 spiro atoms.